The molecule has 0 fully saturated rings. The molecule has 0 unspecified atom stereocenters. The van der Waals surface area contributed by atoms with Crippen molar-refractivity contribution < 1.29 is 37.0 Å². The number of anilines is 1. The first-order chi connectivity index (χ1) is 13.2. The molecule has 28 heavy (non-hydrogen) atoms. The maximum Gasteiger partial charge on any atom is 0.416 e. The van der Waals surface area contributed by atoms with Crippen molar-refractivity contribution >= 4 is 17.6 Å². The Morgan fingerprint density at radius 2 is 1.86 bits per heavy atom. The molecule has 0 saturated heterocycles. The molecule has 2 aromatic rings. The fraction of sp³-hybridized carbons (Fsp3) is 0.263. The summed E-state index contributed by atoms with van der Waals surface area (Å²) < 4.78 is 54.2. The Morgan fingerprint density at radius 1 is 1.14 bits per heavy atom. The normalized spacial score (nSPS) is 16.8. The van der Waals surface area contributed by atoms with Crippen molar-refractivity contribution in [3.63, 3.8) is 0 Å². The minimum absolute atomic E-state index is 0.0612. The summed E-state index contributed by atoms with van der Waals surface area (Å²) in [5.41, 5.74) is -0.963. The Hall–Kier alpha value is -3.23. The quantitative estimate of drug-likeness (QED) is 0.804. The van der Waals surface area contributed by atoms with Gasteiger partial charge in [-0.3, -0.25) is 4.79 Å². The smallest absolute Gasteiger partial charge is 0.416 e. The number of rotatable bonds is 4. The highest BCUT2D eigenvalue weighted by Crippen LogP contribution is 2.32. The minimum atomic E-state index is -4.53. The maximum atomic E-state index is 12.7. The number of carbonyl (C=O) groups is 2. The summed E-state index contributed by atoms with van der Waals surface area (Å²) in [6.45, 7) is 1.22. The van der Waals surface area contributed by atoms with Crippen molar-refractivity contribution in [2.45, 2.75) is 25.3 Å². The summed E-state index contributed by atoms with van der Waals surface area (Å²) in [6, 6.07) is 10.9. The molecule has 0 saturated carbocycles. The van der Waals surface area contributed by atoms with Gasteiger partial charge in [0, 0.05) is 5.69 Å². The number of nitrogens with one attached hydrogen (secondary N) is 1. The molecule has 1 N–H and O–H groups in total. The molecule has 0 radical (unpaired) electrons. The second-order valence-corrected chi connectivity index (χ2v) is 6.01. The molecule has 0 spiro atoms. The van der Waals surface area contributed by atoms with Gasteiger partial charge in [-0.15, -0.1) is 0 Å². The second-order valence-electron chi connectivity index (χ2n) is 6.01. The first-order valence-corrected chi connectivity index (χ1v) is 8.31. The molecule has 1 heterocycles. The van der Waals surface area contributed by atoms with Gasteiger partial charge in [-0.1, -0.05) is 18.2 Å². The van der Waals surface area contributed by atoms with Crippen LogP contribution in [0.5, 0.6) is 11.5 Å². The average Bonchev–Trinajstić information content (AvgIpc) is 2.67. The van der Waals surface area contributed by atoms with Crippen LogP contribution in [0.25, 0.3) is 0 Å². The molecule has 1 aliphatic rings. The highest BCUT2D eigenvalue weighted by molar-refractivity contribution is 5.95. The van der Waals surface area contributed by atoms with Gasteiger partial charge in [-0.2, -0.15) is 13.2 Å². The monoisotopic (exact) mass is 395 g/mol. The highest BCUT2D eigenvalue weighted by atomic mass is 19.4. The Labute approximate surface area is 158 Å². The third-order valence-electron chi connectivity index (χ3n) is 3.89. The fourth-order valence-corrected chi connectivity index (χ4v) is 2.46. The number of amides is 1. The molecule has 0 aromatic heterocycles. The van der Waals surface area contributed by atoms with Crippen LogP contribution >= 0.6 is 0 Å². The molecule has 148 valence electrons. The summed E-state index contributed by atoms with van der Waals surface area (Å²) in [5, 5.41) is 2.29. The Bertz CT molecular complexity index is 884. The van der Waals surface area contributed by atoms with E-state index in [4.69, 9.17) is 14.2 Å². The third kappa shape index (κ3) is 4.54. The van der Waals surface area contributed by atoms with Gasteiger partial charge < -0.3 is 19.5 Å². The van der Waals surface area contributed by atoms with Gasteiger partial charge in [-0.05, 0) is 37.3 Å². The predicted octanol–water partition coefficient (Wildman–Crippen LogP) is 3.42. The predicted molar refractivity (Wildman–Crippen MR) is 92.0 cm³/mol. The van der Waals surface area contributed by atoms with Crippen molar-refractivity contribution in [3.8, 4) is 11.5 Å². The van der Waals surface area contributed by atoms with E-state index < -0.39 is 35.8 Å². The van der Waals surface area contributed by atoms with Crippen molar-refractivity contribution in [1.82, 2.24) is 0 Å². The number of hydrogen-bond acceptors (Lipinski definition) is 5. The summed E-state index contributed by atoms with van der Waals surface area (Å²) in [5.74, 6) is -0.732. The molecule has 2 aromatic carbocycles. The third-order valence-corrected chi connectivity index (χ3v) is 3.89. The number of esters is 1. The molecule has 6 nitrogen and oxygen atoms in total. The fourth-order valence-electron chi connectivity index (χ4n) is 2.46. The van der Waals surface area contributed by atoms with Crippen LogP contribution in [0.15, 0.2) is 48.5 Å². The van der Waals surface area contributed by atoms with Crippen molar-refractivity contribution in [2.75, 3.05) is 11.9 Å². The Morgan fingerprint density at radius 3 is 2.57 bits per heavy atom. The van der Waals surface area contributed by atoms with E-state index in [0.717, 1.165) is 12.1 Å². The van der Waals surface area contributed by atoms with Crippen LogP contribution in [0.2, 0.25) is 0 Å². The lowest BCUT2D eigenvalue weighted by Gasteiger charge is -2.25. The molecule has 3 rings (SSSR count). The zero-order chi connectivity index (χ0) is 20.3. The van der Waals surface area contributed by atoms with Crippen molar-refractivity contribution in [3.05, 3.63) is 54.1 Å². The SMILES string of the molecule is C[C@H](OC(=O)[C@H]1COc2ccccc2O1)C(=O)Nc1cccc(C(F)(F)F)c1. The molecular weight excluding hydrogens is 379 g/mol. The minimum Gasteiger partial charge on any atom is -0.485 e. The molecule has 0 bridgehead atoms. The van der Waals surface area contributed by atoms with Gasteiger partial charge in [0.05, 0.1) is 5.56 Å². The molecule has 1 aliphatic heterocycles. The van der Waals surface area contributed by atoms with Crippen LogP contribution in [0.3, 0.4) is 0 Å². The van der Waals surface area contributed by atoms with E-state index in [2.05, 4.69) is 5.32 Å². The lowest BCUT2D eigenvalue weighted by molar-refractivity contribution is -0.162. The number of benzene rings is 2. The number of para-hydroxylation sites is 2. The van der Waals surface area contributed by atoms with E-state index in [9.17, 15) is 22.8 Å². The summed E-state index contributed by atoms with van der Waals surface area (Å²) in [6.07, 6.45) is -6.84. The second kappa shape index (κ2) is 7.79. The van der Waals surface area contributed by atoms with Crippen LogP contribution in [0.1, 0.15) is 12.5 Å². The van der Waals surface area contributed by atoms with Crippen molar-refractivity contribution in [2.24, 2.45) is 0 Å². The van der Waals surface area contributed by atoms with E-state index in [1.165, 1.54) is 19.1 Å². The van der Waals surface area contributed by atoms with Crippen LogP contribution in [0, 0.1) is 0 Å². The lowest BCUT2D eigenvalue weighted by atomic mass is 10.2. The molecular formula is C19H16F3NO5. The van der Waals surface area contributed by atoms with Crippen LogP contribution in [-0.4, -0.2) is 30.7 Å². The number of fused-ring (bicyclic) bond motifs is 1. The first kappa shape index (κ1) is 19.5. The first-order valence-electron chi connectivity index (χ1n) is 8.31. The number of alkyl halides is 3. The standard InChI is InChI=1S/C19H16F3NO5/c1-11(17(24)23-13-6-4-5-12(9-13)19(20,21)22)27-18(25)16-10-26-14-7-2-3-8-15(14)28-16/h2-9,11,16H,10H2,1H3,(H,23,24)/t11-,16+/m0/s1. The highest BCUT2D eigenvalue weighted by Gasteiger charge is 2.32. The van der Waals surface area contributed by atoms with Crippen LogP contribution < -0.4 is 14.8 Å². The molecule has 9 heteroatoms. The summed E-state index contributed by atoms with van der Waals surface area (Å²) in [7, 11) is 0. The van der Waals surface area contributed by atoms with Crippen LogP contribution in [0.4, 0.5) is 18.9 Å². The van der Waals surface area contributed by atoms with Crippen molar-refractivity contribution in [1.29, 1.82) is 0 Å². The molecule has 2 atom stereocenters. The average molecular weight is 395 g/mol. The van der Waals surface area contributed by atoms with Gasteiger partial charge in [0.1, 0.15) is 6.61 Å². The molecule has 0 aliphatic carbocycles. The summed E-state index contributed by atoms with van der Waals surface area (Å²) >= 11 is 0. The van der Waals surface area contributed by atoms with E-state index in [0.29, 0.717) is 11.5 Å². The lowest BCUT2D eigenvalue weighted by Crippen LogP contribution is -2.41. The number of carbonyl (C=O) groups excluding carboxylic acids is 2. The van der Waals surface area contributed by atoms with E-state index >= 15 is 0 Å². The Kier molecular flexibility index (Phi) is 5.43. The zero-order valence-electron chi connectivity index (χ0n) is 14.7. The molecule has 1 amide bonds. The van der Waals surface area contributed by atoms with E-state index in [1.54, 1.807) is 24.3 Å². The van der Waals surface area contributed by atoms with Gasteiger partial charge in [0.25, 0.3) is 5.91 Å². The van der Waals surface area contributed by atoms with E-state index in [1.807, 2.05) is 0 Å². The van der Waals surface area contributed by atoms with Gasteiger partial charge in [0.2, 0.25) is 6.10 Å². The Balaban J connectivity index is 1.58. The van der Waals surface area contributed by atoms with Crippen LogP contribution in [-0.2, 0) is 20.5 Å². The maximum absolute atomic E-state index is 12.7. The van der Waals surface area contributed by atoms with Gasteiger partial charge >= 0.3 is 12.1 Å². The van der Waals surface area contributed by atoms with Gasteiger partial charge in [-0.25, -0.2) is 4.79 Å². The topological polar surface area (TPSA) is 73.9 Å². The number of halogens is 3. The number of ether oxygens (including phenoxy) is 3. The summed E-state index contributed by atoms with van der Waals surface area (Å²) in [4.78, 5) is 24.4. The zero-order valence-corrected chi connectivity index (χ0v) is 14.7. The van der Waals surface area contributed by atoms with Gasteiger partial charge in [0.15, 0.2) is 17.6 Å². The number of hydrogen-bond donors (Lipinski definition) is 1. The van der Waals surface area contributed by atoms with E-state index in [-0.39, 0.29) is 12.3 Å². The largest absolute Gasteiger partial charge is 0.485 e.